The topological polar surface area (TPSA) is 134 Å². The Labute approximate surface area is 142 Å². The summed E-state index contributed by atoms with van der Waals surface area (Å²) in [6, 6.07) is 5.27. The van der Waals surface area contributed by atoms with Crippen LogP contribution in [0.25, 0.3) is 0 Å². The number of carbonyl (C=O) groups is 2. The van der Waals surface area contributed by atoms with Crippen molar-refractivity contribution in [3.05, 3.63) is 39.9 Å². The maximum atomic E-state index is 12.3. The number of hydrogen-bond donors (Lipinski definition) is 2. The molecule has 0 heterocycles. The van der Waals surface area contributed by atoms with Gasteiger partial charge in [-0.25, -0.2) is 4.79 Å². The lowest BCUT2D eigenvalue weighted by Crippen LogP contribution is -2.40. The first kappa shape index (κ1) is 20.1. The van der Waals surface area contributed by atoms with E-state index in [-0.39, 0.29) is 12.3 Å². The molecule has 1 amide bonds. The van der Waals surface area contributed by atoms with E-state index in [2.05, 4.69) is 21.7 Å². The second kappa shape index (κ2) is 8.78. The molecule has 0 aliphatic heterocycles. The zero-order valence-corrected chi connectivity index (χ0v) is 14.5. The van der Waals surface area contributed by atoms with Crippen molar-refractivity contribution in [2.75, 3.05) is 14.2 Å². The molecule has 1 aromatic carbocycles. The molecule has 0 saturated carbocycles. The van der Waals surface area contributed by atoms with Gasteiger partial charge in [-0.2, -0.15) is 0 Å². The molecule has 0 aliphatic rings. The number of hydrogen-bond acceptors (Lipinski definition) is 8. The molecule has 1 rings (SSSR count). The van der Waals surface area contributed by atoms with Crippen molar-refractivity contribution in [3.8, 4) is 0 Å². The van der Waals surface area contributed by atoms with Gasteiger partial charge in [-0.15, -0.1) is 0 Å². The first-order valence-electron chi connectivity index (χ1n) is 6.34. The zero-order valence-electron chi connectivity index (χ0n) is 12.7. The van der Waals surface area contributed by atoms with Gasteiger partial charge in [-0.3, -0.25) is 19.5 Å². The van der Waals surface area contributed by atoms with E-state index in [4.69, 9.17) is 4.74 Å². The van der Waals surface area contributed by atoms with Crippen molar-refractivity contribution >= 4 is 37.1 Å². The zero-order chi connectivity index (χ0) is 18.3. The van der Waals surface area contributed by atoms with Crippen LogP contribution in [0.3, 0.4) is 0 Å². The van der Waals surface area contributed by atoms with E-state index in [1.165, 1.54) is 24.3 Å². The summed E-state index contributed by atoms with van der Waals surface area (Å²) in [4.78, 5) is 33.1. The summed E-state index contributed by atoms with van der Waals surface area (Å²) in [5, 5.41) is 11.7. The monoisotopic (exact) mass is 378 g/mol. The summed E-state index contributed by atoms with van der Waals surface area (Å²) >= 11 is 3.46. The van der Waals surface area contributed by atoms with Crippen LogP contribution in [0.1, 0.15) is 5.56 Å². The number of nitrogens with one attached hydrogen (secondary N) is 1. The smallest absolute Gasteiger partial charge is 0.363 e. The third-order valence-corrected chi connectivity index (χ3v) is 4.96. The van der Waals surface area contributed by atoms with Crippen LogP contribution in [-0.4, -0.2) is 36.1 Å². The summed E-state index contributed by atoms with van der Waals surface area (Å²) in [6.07, 6.45) is 0. The number of benzene rings is 1. The minimum atomic E-state index is -3.99. The number of rotatable bonds is 8. The summed E-state index contributed by atoms with van der Waals surface area (Å²) in [5.41, 5.74) is 0.336. The van der Waals surface area contributed by atoms with Gasteiger partial charge in [-0.1, -0.05) is 12.6 Å². The highest BCUT2D eigenvalue weighted by molar-refractivity contribution is 7.96. The van der Waals surface area contributed by atoms with Crippen LogP contribution in [0.2, 0.25) is 0 Å². The number of ether oxygens (including phenoxy) is 1. The van der Waals surface area contributed by atoms with E-state index < -0.39 is 29.5 Å². The van der Waals surface area contributed by atoms with Gasteiger partial charge in [0.2, 0.25) is 5.78 Å². The first-order chi connectivity index (χ1) is 11.2. The Morgan fingerprint density at radius 2 is 1.83 bits per heavy atom. The molecule has 12 heteroatoms. The Bertz CT molecular complexity index is 658. The largest absolute Gasteiger partial charge is 0.459 e. The molecule has 1 aromatic rings. The van der Waals surface area contributed by atoms with E-state index in [0.29, 0.717) is 5.56 Å². The van der Waals surface area contributed by atoms with Crippen LogP contribution in [-0.2, 0) is 29.8 Å². The van der Waals surface area contributed by atoms with Gasteiger partial charge >= 0.3 is 13.6 Å². The summed E-state index contributed by atoms with van der Waals surface area (Å²) in [7, 11) is -1.89. The van der Waals surface area contributed by atoms with Crippen molar-refractivity contribution in [2.24, 2.45) is 0 Å². The lowest BCUT2D eigenvalue weighted by Gasteiger charge is -2.22. The molecular weight excluding hydrogens is 363 g/mol. The van der Waals surface area contributed by atoms with Crippen molar-refractivity contribution in [3.63, 3.8) is 0 Å². The predicted molar refractivity (Wildman–Crippen MR) is 85.8 cm³/mol. The summed E-state index contributed by atoms with van der Waals surface area (Å²) in [5.74, 6) is -2.77. The van der Waals surface area contributed by atoms with Crippen LogP contribution in [0.15, 0.2) is 24.3 Å². The number of nitrogens with zero attached hydrogens (tertiary/aromatic N) is 1. The third-order valence-electron chi connectivity index (χ3n) is 2.84. The number of non-ortho nitro benzene ring substituents is 1. The Morgan fingerprint density at radius 1 is 1.29 bits per heavy atom. The first-order valence-corrected chi connectivity index (χ1v) is 8.40. The predicted octanol–water partition coefficient (Wildman–Crippen LogP) is 2.09. The number of esters is 1. The van der Waals surface area contributed by atoms with Crippen molar-refractivity contribution in [1.29, 1.82) is 0 Å². The van der Waals surface area contributed by atoms with Crippen LogP contribution < -0.4 is 5.32 Å². The minimum Gasteiger partial charge on any atom is -0.459 e. The van der Waals surface area contributed by atoms with Crippen LogP contribution in [0.5, 0.6) is 0 Å². The molecule has 0 aliphatic carbocycles. The minimum absolute atomic E-state index is 0.117. The van der Waals surface area contributed by atoms with Crippen LogP contribution >= 0.6 is 20.2 Å². The Kier molecular flexibility index (Phi) is 7.36. The summed E-state index contributed by atoms with van der Waals surface area (Å²) < 4.78 is 26.6. The van der Waals surface area contributed by atoms with E-state index in [9.17, 15) is 24.3 Å². The van der Waals surface area contributed by atoms with E-state index in [0.717, 1.165) is 14.2 Å². The maximum Gasteiger partial charge on any atom is 0.363 e. The number of nitro groups is 1. The molecule has 1 N–H and O–H groups in total. The standard InChI is InChI=1S/C12H15N2O8PS/c1-20-23(19,21-2)10(13-12(16)24)11(15)22-7-8-3-5-9(6-4-8)14(17)18/h3-6,10H,7H2,1-2H3,(H2,13,16,24). The van der Waals surface area contributed by atoms with Gasteiger partial charge in [0.25, 0.3) is 10.9 Å². The SMILES string of the molecule is COP(=O)(OC)C(NC(=O)S)C(=O)OCc1ccc([N+](=O)[O-])cc1. The summed E-state index contributed by atoms with van der Waals surface area (Å²) in [6.45, 7) is -0.261. The molecule has 0 fully saturated rings. The molecular formula is C12H15N2O8PS. The third kappa shape index (κ3) is 5.31. The van der Waals surface area contributed by atoms with Gasteiger partial charge < -0.3 is 19.1 Å². The fraction of sp³-hybridized carbons (Fsp3) is 0.333. The molecule has 132 valence electrons. The van der Waals surface area contributed by atoms with Crippen molar-refractivity contribution < 1.29 is 32.9 Å². The number of carbonyl (C=O) groups excluding carboxylic acids is 2. The molecule has 0 aromatic heterocycles. The number of nitro benzene ring substituents is 1. The van der Waals surface area contributed by atoms with E-state index in [1.54, 1.807) is 0 Å². The second-order valence-electron chi connectivity index (χ2n) is 4.29. The molecule has 0 bridgehead atoms. The average Bonchev–Trinajstić information content (AvgIpc) is 2.57. The lowest BCUT2D eigenvalue weighted by molar-refractivity contribution is -0.384. The van der Waals surface area contributed by atoms with Crippen LogP contribution in [0, 0.1) is 10.1 Å². The molecule has 0 radical (unpaired) electrons. The van der Waals surface area contributed by atoms with E-state index >= 15 is 0 Å². The molecule has 10 nitrogen and oxygen atoms in total. The fourth-order valence-corrected chi connectivity index (χ4v) is 3.03. The van der Waals surface area contributed by atoms with Crippen LogP contribution in [0.4, 0.5) is 10.5 Å². The van der Waals surface area contributed by atoms with Gasteiger partial charge in [0.15, 0.2) is 0 Å². The Morgan fingerprint density at radius 3 is 2.25 bits per heavy atom. The van der Waals surface area contributed by atoms with Gasteiger partial charge in [0.1, 0.15) is 6.61 Å². The number of amides is 1. The van der Waals surface area contributed by atoms with Gasteiger partial charge in [0, 0.05) is 26.4 Å². The molecule has 24 heavy (non-hydrogen) atoms. The molecule has 0 spiro atoms. The lowest BCUT2D eigenvalue weighted by atomic mass is 10.2. The maximum absolute atomic E-state index is 12.3. The normalized spacial score (nSPS) is 12.3. The van der Waals surface area contributed by atoms with Crippen molar-refractivity contribution in [1.82, 2.24) is 5.32 Å². The van der Waals surface area contributed by atoms with E-state index in [1.807, 2.05) is 5.32 Å². The quantitative estimate of drug-likeness (QED) is 0.231. The molecule has 0 saturated heterocycles. The second-order valence-corrected chi connectivity index (χ2v) is 7.02. The highest BCUT2D eigenvalue weighted by Crippen LogP contribution is 2.51. The fourth-order valence-electron chi connectivity index (χ4n) is 1.62. The van der Waals surface area contributed by atoms with Gasteiger partial charge in [-0.05, 0) is 17.7 Å². The highest BCUT2D eigenvalue weighted by Gasteiger charge is 2.42. The van der Waals surface area contributed by atoms with Gasteiger partial charge in [0.05, 0.1) is 4.92 Å². The average molecular weight is 378 g/mol. The molecule has 1 atom stereocenters. The molecule has 1 unspecified atom stereocenters. The Balaban J connectivity index is 2.83. The van der Waals surface area contributed by atoms with Crippen molar-refractivity contribution in [2.45, 2.75) is 12.4 Å². The number of thiol groups is 1. The highest BCUT2D eigenvalue weighted by atomic mass is 32.1. The Hall–Kier alpha value is -1.94.